The lowest BCUT2D eigenvalue weighted by Gasteiger charge is -2.16. The largest absolute Gasteiger partial charge is 0.349 e. The lowest BCUT2D eigenvalue weighted by atomic mass is 9.99. The zero-order valence-electron chi connectivity index (χ0n) is 16.8. The number of hydrogen-bond donors (Lipinski definition) is 2. The van der Waals surface area contributed by atoms with Gasteiger partial charge in [-0.2, -0.15) is 0 Å². The summed E-state index contributed by atoms with van der Waals surface area (Å²) in [5, 5.41) is 7.78. The maximum Gasteiger partial charge on any atom is 0.270 e. The van der Waals surface area contributed by atoms with Crippen molar-refractivity contribution in [2.24, 2.45) is 0 Å². The third-order valence-electron chi connectivity index (χ3n) is 4.85. The molecule has 2 amide bonds. The highest BCUT2D eigenvalue weighted by Crippen LogP contribution is 2.23. The highest BCUT2D eigenvalue weighted by molar-refractivity contribution is 7.15. The summed E-state index contributed by atoms with van der Waals surface area (Å²) in [6.07, 6.45) is 1.83. The maximum absolute atomic E-state index is 12.9. The molecule has 2 N–H and O–H groups in total. The molecule has 1 atom stereocenters. The van der Waals surface area contributed by atoms with Crippen molar-refractivity contribution < 1.29 is 9.59 Å². The molecule has 6 nitrogen and oxygen atoms in total. The normalized spacial score (nSPS) is 11.9. The van der Waals surface area contributed by atoms with E-state index in [4.69, 9.17) is 0 Å². The molecule has 0 aliphatic rings. The van der Waals surface area contributed by atoms with Crippen LogP contribution in [0.3, 0.4) is 0 Å². The van der Waals surface area contributed by atoms with Crippen molar-refractivity contribution in [2.45, 2.75) is 19.9 Å². The number of aryl methyl sites for hydroxylation is 1. The van der Waals surface area contributed by atoms with Gasteiger partial charge in [-0.25, -0.2) is 4.98 Å². The average molecular weight is 419 g/mol. The number of carbonyl (C=O) groups excluding carboxylic acids is 2. The second kappa shape index (κ2) is 8.51. The van der Waals surface area contributed by atoms with Gasteiger partial charge in [-0.05, 0) is 31.0 Å². The molecule has 0 saturated heterocycles. The van der Waals surface area contributed by atoms with E-state index in [-0.39, 0.29) is 17.9 Å². The van der Waals surface area contributed by atoms with E-state index in [9.17, 15) is 9.59 Å². The van der Waals surface area contributed by atoms with Crippen molar-refractivity contribution in [1.29, 1.82) is 0 Å². The molecule has 0 spiro atoms. The molecule has 0 saturated carbocycles. The van der Waals surface area contributed by atoms with Crippen LogP contribution in [-0.2, 0) is 0 Å². The molecule has 2 heterocycles. The lowest BCUT2D eigenvalue weighted by Crippen LogP contribution is -2.42. The number of fused-ring (bicyclic) bond motifs is 1. The third kappa shape index (κ3) is 3.97. The number of imidazole rings is 1. The number of nitrogens with zero attached hydrogens (tertiary/aromatic N) is 2. The fourth-order valence-electron chi connectivity index (χ4n) is 3.40. The average Bonchev–Trinajstić information content (AvgIpc) is 3.32. The van der Waals surface area contributed by atoms with Crippen molar-refractivity contribution in [1.82, 2.24) is 20.0 Å². The van der Waals surface area contributed by atoms with Gasteiger partial charge in [0.2, 0.25) is 0 Å². The summed E-state index contributed by atoms with van der Waals surface area (Å²) in [7, 11) is 0. The first-order chi connectivity index (χ1) is 14.5. The van der Waals surface area contributed by atoms with Crippen molar-refractivity contribution in [3.8, 4) is 11.1 Å². The van der Waals surface area contributed by atoms with E-state index in [0.29, 0.717) is 23.5 Å². The summed E-state index contributed by atoms with van der Waals surface area (Å²) < 4.78 is 1.79. The molecule has 0 radical (unpaired) electrons. The van der Waals surface area contributed by atoms with Crippen LogP contribution in [0.5, 0.6) is 0 Å². The van der Waals surface area contributed by atoms with Gasteiger partial charge in [0.1, 0.15) is 5.69 Å². The molecule has 0 aliphatic heterocycles. The monoisotopic (exact) mass is 418 g/mol. The minimum atomic E-state index is -0.239. The smallest absolute Gasteiger partial charge is 0.270 e. The van der Waals surface area contributed by atoms with E-state index in [2.05, 4.69) is 15.6 Å². The van der Waals surface area contributed by atoms with Gasteiger partial charge in [0.15, 0.2) is 4.96 Å². The third-order valence-corrected chi connectivity index (χ3v) is 5.61. The van der Waals surface area contributed by atoms with Crippen LogP contribution in [0, 0.1) is 6.92 Å². The Morgan fingerprint density at radius 1 is 1.07 bits per heavy atom. The fraction of sp³-hybridized carbons (Fsp3) is 0.174. The second-order valence-corrected chi connectivity index (χ2v) is 7.97. The number of amides is 2. The number of carbonyl (C=O) groups is 2. The number of thiazole rings is 1. The molecular formula is C23H22N4O2S. The van der Waals surface area contributed by atoms with E-state index < -0.39 is 0 Å². The molecule has 0 aliphatic carbocycles. The Labute approximate surface area is 178 Å². The highest BCUT2D eigenvalue weighted by Gasteiger charge is 2.19. The fourth-order valence-corrected chi connectivity index (χ4v) is 4.16. The Morgan fingerprint density at radius 2 is 1.80 bits per heavy atom. The number of rotatable bonds is 6. The van der Waals surface area contributed by atoms with Gasteiger partial charge in [0.05, 0.1) is 5.69 Å². The van der Waals surface area contributed by atoms with Gasteiger partial charge in [-0.3, -0.25) is 14.0 Å². The summed E-state index contributed by atoms with van der Waals surface area (Å²) in [6.45, 7) is 4.00. The minimum Gasteiger partial charge on any atom is -0.349 e. The first-order valence-electron chi connectivity index (χ1n) is 9.70. The topological polar surface area (TPSA) is 75.5 Å². The highest BCUT2D eigenvalue weighted by atomic mass is 32.1. The van der Waals surface area contributed by atoms with Crippen molar-refractivity contribution in [3.05, 3.63) is 83.1 Å². The number of hydrogen-bond acceptors (Lipinski definition) is 4. The zero-order valence-corrected chi connectivity index (χ0v) is 17.6. The summed E-state index contributed by atoms with van der Waals surface area (Å²) >= 11 is 1.48. The van der Waals surface area contributed by atoms with Crippen LogP contribution in [0.25, 0.3) is 16.1 Å². The first kappa shape index (κ1) is 19.8. The van der Waals surface area contributed by atoms with E-state index in [1.165, 1.54) is 11.3 Å². The van der Waals surface area contributed by atoms with Gasteiger partial charge < -0.3 is 10.6 Å². The van der Waals surface area contributed by atoms with Crippen LogP contribution in [0.15, 0.2) is 66.2 Å². The van der Waals surface area contributed by atoms with Gasteiger partial charge in [0.25, 0.3) is 11.8 Å². The predicted molar refractivity (Wildman–Crippen MR) is 119 cm³/mol. The molecule has 4 rings (SSSR count). The van der Waals surface area contributed by atoms with Crippen molar-refractivity contribution in [2.75, 3.05) is 6.54 Å². The van der Waals surface area contributed by atoms with Crippen LogP contribution >= 0.6 is 11.3 Å². The number of benzene rings is 2. The molecule has 4 aromatic rings. The van der Waals surface area contributed by atoms with E-state index >= 15 is 0 Å². The number of aromatic nitrogens is 2. The molecule has 2 aromatic heterocycles. The molecule has 30 heavy (non-hydrogen) atoms. The quantitative estimate of drug-likeness (QED) is 0.498. The maximum atomic E-state index is 12.9. The number of nitrogens with one attached hydrogen (secondary N) is 2. The molecule has 152 valence electrons. The van der Waals surface area contributed by atoms with E-state index in [0.717, 1.165) is 16.1 Å². The van der Waals surface area contributed by atoms with Crippen LogP contribution in [-0.4, -0.2) is 33.8 Å². The predicted octanol–water partition coefficient (Wildman–Crippen LogP) is 3.92. The SMILES string of the molecule is Cc1nc2sccn2c1C(=O)NC[C@H](C)NC(=O)c1ccccc1-c1ccccc1. The molecule has 2 aromatic carbocycles. The Kier molecular flexibility index (Phi) is 5.63. The van der Waals surface area contributed by atoms with Gasteiger partial charge in [-0.15, -0.1) is 11.3 Å². The van der Waals surface area contributed by atoms with Gasteiger partial charge in [-0.1, -0.05) is 48.5 Å². The lowest BCUT2D eigenvalue weighted by molar-refractivity contribution is 0.0909. The van der Waals surface area contributed by atoms with Crippen LogP contribution < -0.4 is 10.6 Å². The van der Waals surface area contributed by atoms with Crippen LogP contribution in [0.1, 0.15) is 33.5 Å². The Balaban J connectivity index is 1.42. The summed E-state index contributed by atoms with van der Waals surface area (Å²) in [6, 6.07) is 17.1. The van der Waals surface area contributed by atoms with Crippen LogP contribution in [0.2, 0.25) is 0 Å². The Morgan fingerprint density at radius 3 is 2.60 bits per heavy atom. The van der Waals surface area contributed by atoms with Crippen LogP contribution in [0.4, 0.5) is 0 Å². The zero-order chi connectivity index (χ0) is 21.1. The first-order valence-corrected chi connectivity index (χ1v) is 10.6. The Hall–Kier alpha value is -3.45. The summed E-state index contributed by atoms with van der Waals surface area (Å²) in [4.78, 5) is 30.7. The molecule has 0 unspecified atom stereocenters. The minimum absolute atomic E-state index is 0.169. The van der Waals surface area contributed by atoms with Gasteiger partial charge in [0, 0.05) is 29.7 Å². The molecule has 0 bridgehead atoms. The summed E-state index contributed by atoms with van der Waals surface area (Å²) in [5.74, 6) is -0.374. The molecular weight excluding hydrogens is 396 g/mol. The van der Waals surface area contributed by atoms with Gasteiger partial charge >= 0.3 is 0 Å². The van der Waals surface area contributed by atoms with E-state index in [1.807, 2.05) is 80.0 Å². The van der Waals surface area contributed by atoms with E-state index in [1.54, 1.807) is 4.40 Å². The molecule has 7 heteroatoms. The Bertz CT molecular complexity index is 1200. The standard InChI is InChI=1S/C23H22N4O2S/c1-15(14-24-22(29)20-16(2)26-23-27(20)12-13-30-23)25-21(28)19-11-7-6-10-18(19)17-8-4-3-5-9-17/h3-13,15H,14H2,1-2H3,(H,24,29)(H,25,28)/t15-/m0/s1. The molecule has 0 fully saturated rings. The summed E-state index contributed by atoms with van der Waals surface area (Å²) in [5.41, 5.74) is 3.68. The second-order valence-electron chi connectivity index (χ2n) is 7.10. The van der Waals surface area contributed by atoms with Crippen molar-refractivity contribution >= 4 is 28.1 Å². The van der Waals surface area contributed by atoms with Crippen molar-refractivity contribution in [3.63, 3.8) is 0 Å².